The van der Waals surface area contributed by atoms with Gasteiger partial charge in [-0.3, -0.25) is 4.79 Å². The molecule has 120 valence electrons. The second-order valence-electron chi connectivity index (χ2n) is 6.33. The number of nitrogens with zero attached hydrogens (tertiary/aromatic N) is 3. The number of carbonyl (C=O) groups is 2. The normalized spacial score (nSPS) is 26.6. The average molecular weight is 297 g/mol. The Kier molecular flexibility index (Phi) is 5.45. The Morgan fingerprint density at radius 2 is 1.90 bits per heavy atom. The number of carbonyl (C=O) groups excluding carboxylic acids is 2. The zero-order valence-electron chi connectivity index (χ0n) is 13.1. The SMILES string of the molecule is CN(C)C(=O)N1CCCC(C(=O)N2CCCCC2CO)C1. The molecule has 0 aliphatic carbocycles. The highest BCUT2D eigenvalue weighted by Crippen LogP contribution is 2.24. The predicted octanol–water partition coefficient (Wildman–Crippen LogP) is 0.753. The van der Waals surface area contributed by atoms with Crippen LogP contribution >= 0.6 is 0 Å². The topological polar surface area (TPSA) is 64.1 Å². The number of hydrogen-bond donors (Lipinski definition) is 1. The highest BCUT2D eigenvalue weighted by Gasteiger charge is 2.35. The van der Waals surface area contributed by atoms with Gasteiger partial charge in [-0.25, -0.2) is 4.79 Å². The third kappa shape index (κ3) is 3.67. The molecular weight excluding hydrogens is 270 g/mol. The largest absolute Gasteiger partial charge is 0.394 e. The van der Waals surface area contributed by atoms with Crippen LogP contribution in [0.1, 0.15) is 32.1 Å². The first-order valence-corrected chi connectivity index (χ1v) is 7.92. The van der Waals surface area contributed by atoms with E-state index in [1.165, 1.54) is 0 Å². The Morgan fingerprint density at radius 1 is 1.14 bits per heavy atom. The molecule has 0 spiro atoms. The minimum Gasteiger partial charge on any atom is -0.394 e. The lowest BCUT2D eigenvalue weighted by Crippen LogP contribution is -2.53. The third-order valence-electron chi connectivity index (χ3n) is 4.54. The lowest BCUT2D eigenvalue weighted by Gasteiger charge is -2.40. The van der Waals surface area contributed by atoms with Crippen molar-refractivity contribution in [3.63, 3.8) is 0 Å². The van der Waals surface area contributed by atoms with Crippen molar-refractivity contribution < 1.29 is 14.7 Å². The van der Waals surface area contributed by atoms with Gasteiger partial charge >= 0.3 is 6.03 Å². The van der Waals surface area contributed by atoms with Gasteiger partial charge in [-0.05, 0) is 32.1 Å². The molecule has 2 aliphatic heterocycles. The molecule has 0 radical (unpaired) electrons. The Hall–Kier alpha value is -1.30. The summed E-state index contributed by atoms with van der Waals surface area (Å²) in [6.07, 6.45) is 4.67. The standard InChI is InChI=1S/C15H27N3O3/c1-16(2)15(21)17-8-5-6-12(10-17)14(20)18-9-4-3-7-13(18)11-19/h12-13,19H,3-11H2,1-2H3. The van der Waals surface area contributed by atoms with Crippen molar-refractivity contribution in [2.45, 2.75) is 38.1 Å². The van der Waals surface area contributed by atoms with Gasteiger partial charge in [0.2, 0.25) is 5.91 Å². The van der Waals surface area contributed by atoms with Crippen LogP contribution in [0, 0.1) is 5.92 Å². The molecule has 2 atom stereocenters. The van der Waals surface area contributed by atoms with Crippen molar-refractivity contribution >= 4 is 11.9 Å². The molecule has 2 fully saturated rings. The summed E-state index contributed by atoms with van der Waals surface area (Å²) in [5.41, 5.74) is 0. The molecule has 3 amide bonds. The van der Waals surface area contributed by atoms with E-state index in [2.05, 4.69) is 0 Å². The fraction of sp³-hybridized carbons (Fsp3) is 0.867. The average Bonchev–Trinajstić information content (AvgIpc) is 2.53. The smallest absolute Gasteiger partial charge is 0.319 e. The minimum atomic E-state index is -0.116. The van der Waals surface area contributed by atoms with E-state index >= 15 is 0 Å². The number of aliphatic hydroxyl groups is 1. The minimum absolute atomic E-state index is 0.0233. The van der Waals surface area contributed by atoms with Gasteiger partial charge in [0, 0.05) is 33.7 Å². The Morgan fingerprint density at radius 3 is 2.57 bits per heavy atom. The first-order chi connectivity index (χ1) is 10.0. The molecular formula is C15H27N3O3. The van der Waals surface area contributed by atoms with Gasteiger partial charge in [0.15, 0.2) is 0 Å². The van der Waals surface area contributed by atoms with E-state index in [0.29, 0.717) is 6.54 Å². The van der Waals surface area contributed by atoms with Gasteiger partial charge < -0.3 is 19.8 Å². The van der Waals surface area contributed by atoms with E-state index in [4.69, 9.17) is 0 Å². The van der Waals surface area contributed by atoms with Crippen LogP contribution in [0.2, 0.25) is 0 Å². The number of piperidine rings is 2. The van der Waals surface area contributed by atoms with Crippen LogP contribution in [-0.2, 0) is 4.79 Å². The van der Waals surface area contributed by atoms with Crippen LogP contribution in [-0.4, -0.2) is 78.1 Å². The maximum absolute atomic E-state index is 12.7. The molecule has 0 aromatic rings. The van der Waals surface area contributed by atoms with Crippen molar-refractivity contribution in [1.29, 1.82) is 0 Å². The van der Waals surface area contributed by atoms with Crippen LogP contribution in [0.5, 0.6) is 0 Å². The molecule has 6 nitrogen and oxygen atoms in total. The lowest BCUT2D eigenvalue weighted by atomic mass is 9.94. The van der Waals surface area contributed by atoms with Crippen LogP contribution in [0.15, 0.2) is 0 Å². The highest BCUT2D eigenvalue weighted by atomic mass is 16.3. The molecule has 2 heterocycles. The first kappa shape index (κ1) is 16.1. The van der Waals surface area contributed by atoms with Crippen molar-refractivity contribution in [2.24, 2.45) is 5.92 Å². The fourth-order valence-electron chi connectivity index (χ4n) is 3.35. The van der Waals surface area contributed by atoms with Gasteiger partial charge in [0.25, 0.3) is 0 Å². The summed E-state index contributed by atoms with van der Waals surface area (Å²) in [7, 11) is 3.47. The predicted molar refractivity (Wildman–Crippen MR) is 79.8 cm³/mol. The summed E-state index contributed by atoms with van der Waals surface area (Å²) >= 11 is 0. The molecule has 21 heavy (non-hydrogen) atoms. The second kappa shape index (κ2) is 7.11. The summed E-state index contributed by atoms with van der Waals surface area (Å²) in [5.74, 6) is -0.000180. The van der Waals surface area contributed by atoms with E-state index < -0.39 is 0 Å². The number of hydrogen-bond acceptors (Lipinski definition) is 3. The summed E-state index contributed by atoms with van der Waals surface area (Å²) in [4.78, 5) is 29.9. The molecule has 1 N–H and O–H groups in total. The van der Waals surface area contributed by atoms with E-state index in [9.17, 15) is 14.7 Å². The van der Waals surface area contributed by atoms with Crippen molar-refractivity contribution in [3.8, 4) is 0 Å². The van der Waals surface area contributed by atoms with E-state index in [-0.39, 0.29) is 30.5 Å². The molecule has 2 unspecified atom stereocenters. The molecule has 2 rings (SSSR count). The maximum Gasteiger partial charge on any atom is 0.319 e. The Balaban J connectivity index is 1.99. The zero-order chi connectivity index (χ0) is 15.4. The number of aliphatic hydroxyl groups excluding tert-OH is 1. The molecule has 0 bridgehead atoms. The van der Waals surface area contributed by atoms with Crippen molar-refractivity contribution in [1.82, 2.24) is 14.7 Å². The number of amides is 3. The lowest BCUT2D eigenvalue weighted by molar-refractivity contribution is -0.141. The van der Waals surface area contributed by atoms with E-state index in [0.717, 1.165) is 45.2 Å². The monoisotopic (exact) mass is 297 g/mol. The third-order valence-corrected chi connectivity index (χ3v) is 4.54. The van der Waals surface area contributed by atoms with Gasteiger partial charge in [0.1, 0.15) is 0 Å². The van der Waals surface area contributed by atoms with E-state index in [1.807, 2.05) is 4.90 Å². The van der Waals surface area contributed by atoms with Gasteiger partial charge in [-0.2, -0.15) is 0 Å². The first-order valence-electron chi connectivity index (χ1n) is 7.92. The Labute approximate surface area is 126 Å². The van der Waals surface area contributed by atoms with E-state index in [1.54, 1.807) is 23.9 Å². The summed E-state index contributed by atoms with van der Waals surface area (Å²) < 4.78 is 0. The van der Waals surface area contributed by atoms with Gasteiger partial charge in [0.05, 0.1) is 18.6 Å². The summed E-state index contributed by atoms with van der Waals surface area (Å²) in [5, 5.41) is 9.46. The molecule has 2 aliphatic rings. The number of rotatable bonds is 2. The van der Waals surface area contributed by atoms with Crippen molar-refractivity contribution in [2.75, 3.05) is 40.3 Å². The molecule has 2 saturated heterocycles. The molecule has 0 aromatic carbocycles. The Bertz CT molecular complexity index is 386. The highest BCUT2D eigenvalue weighted by molar-refractivity contribution is 5.81. The molecule has 0 aromatic heterocycles. The molecule has 0 saturated carbocycles. The van der Waals surface area contributed by atoms with Crippen LogP contribution in [0.4, 0.5) is 4.79 Å². The zero-order valence-corrected chi connectivity index (χ0v) is 13.1. The maximum atomic E-state index is 12.7. The van der Waals surface area contributed by atoms with Crippen LogP contribution in [0.3, 0.4) is 0 Å². The number of urea groups is 1. The second-order valence-corrected chi connectivity index (χ2v) is 6.33. The summed E-state index contributed by atoms with van der Waals surface area (Å²) in [6, 6.07) is -0.0592. The summed E-state index contributed by atoms with van der Waals surface area (Å²) in [6.45, 7) is 2.01. The molecule has 6 heteroatoms. The van der Waals surface area contributed by atoms with Crippen LogP contribution in [0.25, 0.3) is 0 Å². The van der Waals surface area contributed by atoms with Crippen LogP contribution < -0.4 is 0 Å². The quantitative estimate of drug-likeness (QED) is 0.818. The van der Waals surface area contributed by atoms with Crippen molar-refractivity contribution in [3.05, 3.63) is 0 Å². The van der Waals surface area contributed by atoms with Gasteiger partial charge in [-0.1, -0.05) is 0 Å². The fourth-order valence-corrected chi connectivity index (χ4v) is 3.35. The van der Waals surface area contributed by atoms with Gasteiger partial charge in [-0.15, -0.1) is 0 Å². The number of likely N-dealkylation sites (tertiary alicyclic amines) is 2.